The summed E-state index contributed by atoms with van der Waals surface area (Å²) in [6.45, 7) is 1.57. The molecule has 1 aromatic heterocycles. The first kappa shape index (κ1) is 23.2. The lowest BCUT2D eigenvalue weighted by Gasteiger charge is -2.20. The fourth-order valence-corrected chi connectivity index (χ4v) is 5.09. The van der Waals surface area contributed by atoms with Gasteiger partial charge in [0.05, 0.1) is 22.3 Å². The molecule has 0 aliphatic rings. The maximum absolute atomic E-state index is 14.8. The molecule has 164 valence electrons. The SMILES string of the molecule is C[C@H](Nc1cc(F)c(S(=O)(=O)N(C(=O)O)c2cscn2)cc1Cl)c1cc(Cl)ccc1F. The number of rotatable bonds is 6. The molecule has 1 atom stereocenters. The number of hydrogen-bond donors (Lipinski definition) is 2. The minimum atomic E-state index is -4.87. The van der Waals surface area contributed by atoms with Gasteiger partial charge in [-0.3, -0.25) is 0 Å². The largest absolute Gasteiger partial charge is 0.464 e. The van der Waals surface area contributed by atoms with E-state index in [0.717, 1.165) is 23.5 Å². The molecule has 0 fully saturated rings. The van der Waals surface area contributed by atoms with Crippen molar-refractivity contribution < 1.29 is 27.1 Å². The predicted octanol–water partition coefficient (Wildman–Crippen LogP) is 5.77. The summed E-state index contributed by atoms with van der Waals surface area (Å²) in [4.78, 5) is 14.2. The standard InChI is InChI=1S/C18H13Cl2F2N3O4S2/c1-9(11-4-10(19)2-3-13(11)21)24-15-6-14(22)16(5-12(15)20)31(28,29)25(18(26)27)17-7-30-8-23-17/h2-9,24H,1H3,(H,26,27)/t9-/m0/s1. The highest BCUT2D eigenvalue weighted by molar-refractivity contribution is 7.93. The second-order valence-corrected chi connectivity index (χ2v) is 9.51. The molecule has 13 heteroatoms. The Morgan fingerprint density at radius 1 is 1.23 bits per heavy atom. The van der Waals surface area contributed by atoms with Gasteiger partial charge in [-0.2, -0.15) is 0 Å². The summed E-state index contributed by atoms with van der Waals surface area (Å²) in [5, 5.41) is 13.4. The summed E-state index contributed by atoms with van der Waals surface area (Å²) in [5.41, 5.74) is 1.38. The van der Waals surface area contributed by atoms with E-state index < -0.39 is 44.5 Å². The van der Waals surface area contributed by atoms with E-state index in [2.05, 4.69) is 10.3 Å². The number of hydrogen-bond acceptors (Lipinski definition) is 6. The van der Waals surface area contributed by atoms with E-state index in [9.17, 15) is 27.1 Å². The Morgan fingerprint density at radius 3 is 2.55 bits per heavy atom. The predicted molar refractivity (Wildman–Crippen MR) is 115 cm³/mol. The first-order valence-corrected chi connectivity index (χ1v) is 11.5. The summed E-state index contributed by atoms with van der Waals surface area (Å²) in [6, 6.07) is 4.79. The Labute approximate surface area is 189 Å². The lowest BCUT2D eigenvalue weighted by molar-refractivity contribution is 0.206. The van der Waals surface area contributed by atoms with Crippen molar-refractivity contribution >= 4 is 62.2 Å². The number of nitrogens with one attached hydrogen (secondary N) is 1. The molecular weight excluding hydrogens is 495 g/mol. The van der Waals surface area contributed by atoms with Crippen LogP contribution in [0.5, 0.6) is 0 Å². The minimum absolute atomic E-state index is 0.0273. The third-order valence-electron chi connectivity index (χ3n) is 4.14. The Balaban J connectivity index is 1.98. The van der Waals surface area contributed by atoms with Crippen LogP contribution in [-0.4, -0.2) is 24.6 Å². The zero-order chi connectivity index (χ0) is 22.9. The summed E-state index contributed by atoms with van der Waals surface area (Å²) in [5.74, 6) is -2.21. The molecule has 7 nitrogen and oxygen atoms in total. The Kier molecular flexibility index (Phi) is 6.70. The topological polar surface area (TPSA) is 99.6 Å². The highest BCUT2D eigenvalue weighted by atomic mass is 35.5. The van der Waals surface area contributed by atoms with Crippen LogP contribution in [0.4, 0.5) is 25.1 Å². The molecule has 0 unspecified atom stereocenters. The van der Waals surface area contributed by atoms with Gasteiger partial charge in [-0.05, 0) is 37.3 Å². The molecule has 1 heterocycles. The number of thiazole rings is 1. The second kappa shape index (κ2) is 8.95. The lowest BCUT2D eigenvalue weighted by atomic mass is 10.1. The number of carboxylic acid groups (broad SMARTS) is 1. The van der Waals surface area contributed by atoms with E-state index >= 15 is 0 Å². The summed E-state index contributed by atoms with van der Waals surface area (Å²) < 4.78 is 54.4. The van der Waals surface area contributed by atoms with Crippen molar-refractivity contribution in [3.8, 4) is 0 Å². The van der Waals surface area contributed by atoms with E-state index in [0.29, 0.717) is 5.02 Å². The molecule has 2 N–H and O–H groups in total. The fourth-order valence-electron chi connectivity index (χ4n) is 2.72. The Bertz CT molecular complexity index is 1240. The molecule has 0 saturated carbocycles. The van der Waals surface area contributed by atoms with Gasteiger partial charge in [0.2, 0.25) is 0 Å². The average molecular weight is 508 g/mol. The smallest absolute Gasteiger partial charge is 0.427 e. The van der Waals surface area contributed by atoms with Gasteiger partial charge in [-0.1, -0.05) is 23.2 Å². The molecule has 0 radical (unpaired) electrons. The van der Waals surface area contributed by atoms with Crippen molar-refractivity contribution in [1.29, 1.82) is 0 Å². The van der Waals surface area contributed by atoms with Crippen LogP contribution in [0.3, 0.4) is 0 Å². The molecule has 0 aliphatic heterocycles. The maximum Gasteiger partial charge on any atom is 0.427 e. The van der Waals surface area contributed by atoms with Crippen LogP contribution in [0.25, 0.3) is 0 Å². The van der Waals surface area contributed by atoms with E-state index in [1.54, 1.807) is 6.92 Å². The number of carbonyl (C=O) groups is 1. The molecule has 3 rings (SSSR count). The van der Waals surface area contributed by atoms with E-state index in [1.165, 1.54) is 29.1 Å². The lowest BCUT2D eigenvalue weighted by Crippen LogP contribution is -2.36. The van der Waals surface area contributed by atoms with Gasteiger partial charge in [0.1, 0.15) is 16.5 Å². The third-order valence-corrected chi connectivity index (χ3v) is 6.95. The quantitative estimate of drug-likeness (QED) is 0.438. The fraction of sp³-hybridized carbons (Fsp3) is 0.111. The Morgan fingerprint density at radius 2 is 1.94 bits per heavy atom. The molecule has 31 heavy (non-hydrogen) atoms. The van der Waals surface area contributed by atoms with Crippen LogP contribution in [0.1, 0.15) is 18.5 Å². The van der Waals surface area contributed by atoms with Crippen molar-refractivity contribution in [3.05, 3.63) is 68.5 Å². The monoisotopic (exact) mass is 507 g/mol. The van der Waals surface area contributed by atoms with Crippen molar-refractivity contribution in [2.75, 3.05) is 9.62 Å². The average Bonchev–Trinajstić information content (AvgIpc) is 3.19. The molecule has 0 bridgehead atoms. The number of aromatic nitrogens is 1. The van der Waals surface area contributed by atoms with E-state index in [1.807, 2.05) is 0 Å². The minimum Gasteiger partial charge on any atom is -0.464 e. The number of benzene rings is 2. The van der Waals surface area contributed by atoms with E-state index in [-0.39, 0.29) is 20.6 Å². The molecule has 0 aliphatic carbocycles. The van der Waals surface area contributed by atoms with Crippen molar-refractivity contribution in [2.24, 2.45) is 0 Å². The molecule has 0 saturated heterocycles. The zero-order valence-corrected chi connectivity index (χ0v) is 18.7. The van der Waals surface area contributed by atoms with E-state index in [4.69, 9.17) is 23.2 Å². The van der Waals surface area contributed by atoms with Crippen LogP contribution < -0.4 is 9.62 Å². The van der Waals surface area contributed by atoms with Crippen molar-refractivity contribution in [3.63, 3.8) is 0 Å². The molecular formula is C18H13Cl2F2N3O4S2. The summed E-state index contributed by atoms with van der Waals surface area (Å²) in [7, 11) is -4.87. The first-order chi connectivity index (χ1) is 14.5. The molecule has 3 aromatic rings. The number of halogens is 4. The summed E-state index contributed by atoms with van der Waals surface area (Å²) >= 11 is 13.0. The van der Waals surface area contributed by atoms with Crippen LogP contribution in [-0.2, 0) is 10.0 Å². The van der Waals surface area contributed by atoms with Gasteiger partial charge in [0, 0.05) is 16.0 Å². The summed E-state index contributed by atoms with van der Waals surface area (Å²) in [6.07, 6.45) is -1.87. The first-order valence-electron chi connectivity index (χ1n) is 8.39. The highest BCUT2D eigenvalue weighted by Gasteiger charge is 2.35. The van der Waals surface area contributed by atoms with Gasteiger partial charge in [-0.15, -0.1) is 15.6 Å². The number of amides is 1. The van der Waals surface area contributed by atoms with Gasteiger partial charge in [0.15, 0.2) is 5.82 Å². The van der Waals surface area contributed by atoms with Crippen LogP contribution in [0.15, 0.2) is 46.1 Å². The number of sulfonamides is 1. The highest BCUT2D eigenvalue weighted by Crippen LogP contribution is 2.34. The maximum atomic E-state index is 14.8. The van der Waals surface area contributed by atoms with Crippen LogP contribution >= 0.6 is 34.5 Å². The van der Waals surface area contributed by atoms with Gasteiger partial charge in [-0.25, -0.2) is 27.0 Å². The van der Waals surface area contributed by atoms with Crippen molar-refractivity contribution in [2.45, 2.75) is 17.9 Å². The number of anilines is 2. The normalized spacial score (nSPS) is 12.4. The van der Waals surface area contributed by atoms with Crippen molar-refractivity contribution in [1.82, 2.24) is 4.98 Å². The third kappa shape index (κ3) is 4.74. The van der Waals surface area contributed by atoms with Crippen LogP contribution in [0.2, 0.25) is 10.0 Å². The molecule has 2 aromatic carbocycles. The molecule has 1 amide bonds. The number of nitrogens with zero attached hydrogens (tertiary/aromatic N) is 2. The van der Waals surface area contributed by atoms with Gasteiger partial charge < -0.3 is 10.4 Å². The second-order valence-electron chi connectivity index (χ2n) is 6.19. The zero-order valence-electron chi connectivity index (χ0n) is 15.5. The van der Waals surface area contributed by atoms with Gasteiger partial charge in [0.25, 0.3) is 10.0 Å². The van der Waals surface area contributed by atoms with Crippen LogP contribution in [0, 0.1) is 11.6 Å². The van der Waals surface area contributed by atoms with Gasteiger partial charge >= 0.3 is 6.09 Å². The Hall–Kier alpha value is -2.47. The molecule has 0 spiro atoms.